The van der Waals surface area contributed by atoms with Gasteiger partial charge in [-0.1, -0.05) is 18.2 Å². The molecule has 0 aliphatic rings. The Morgan fingerprint density at radius 3 is 2.75 bits per heavy atom. The smallest absolute Gasteiger partial charge is 0.230 e. The lowest BCUT2D eigenvalue weighted by molar-refractivity contribution is -0.115. The van der Waals surface area contributed by atoms with Gasteiger partial charge in [0.05, 0.1) is 12.1 Å². The number of hydrogen-bond donors (Lipinski definition) is 1. The molecule has 5 heteroatoms. The van der Waals surface area contributed by atoms with E-state index >= 15 is 0 Å². The maximum Gasteiger partial charge on any atom is 0.230 e. The summed E-state index contributed by atoms with van der Waals surface area (Å²) in [6.07, 6.45) is 0.301. The highest BCUT2D eigenvalue weighted by atomic mass is 32.1. The quantitative estimate of drug-likeness (QED) is 0.789. The van der Waals surface area contributed by atoms with Crippen LogP contribution in [0.25, 0.3) is 10.6 Å². The highest BCUT2D eigenvalue weighted by molar-refractivity contribution is 7.14. The van der Waals surface area contributed by atoms with E-state index in [4.69, 9.17) is 0 Å². The molecule has 1 aromatic carbocycles. The van der Waals surface area contributed by atoms with Gasteiger partial charge in [-0.3, -0.25) is 4.79 Å². The molecule has 3 rings (SSSR count). The van der Waals surface area contributed by atoms with E-state index in [9.17, 15) is 4.79 Å². The first kappa shape index (κ1) is 13.0. The minimum Gasteiger partial charge on any atom is -0.326 e. The van der Waals surface area contributed by atoms with Gasteiger partial charge in [0.2, 0.25) is 5.91 Å². The molecule has 2 aromatic heterocycles. The van der Waals surface area contributed by atoms with Gasteiger partial charge in [0, 0.05) is 22.0 Å². The summed E-state index contributed by atoms with van der Waals surface area (Å²) in [6.45, 7) is 0. The number of amides is 1. The first-order valence-corrected chi connectivity index (χ1v) is 7.95. The van der Waals surface area contributed by atoms with Crippen molar-refractivity contribution in [3.63, 3.8) is 0 Å². The van der Waals surface area contributed by atoms with Gasteiger partial charge in [-0.25, -0.2) is 4.98 Å². The number of anilines is 1. The van der Waals surface area contributed by atoms with Crippen LogP contribution in [0.5, 0.6) is 0 Å². The molecule has 1 amide bonds. The fourth-order valence-electron chi connectivity index (χ4n) is 1.80. The zero-order valence-corrected chi connectivity index (χ0v) is 12.2. The Hall–Kier alpha value is -1.98. The minimum absolute atomic E-state index is 0.0432. The van der Waals surface area contributed by atoms with Crippen LogP contribution in [0.2, 0.25) is 0 Å². The molecule has 20 heavy (non-hydrogen) atoms. The lowest BCUT2D eigenvalue weighted by Crippen LogP contribution is -2.14. The Labute approximate surface area is 124 Å². The van der Waals surface area contributed by atoms with Gasteiger partial charge in [0.25, 0.3) is 0 Å². The summed E-state index contributed by atoms with van der Waals surface area (Å²) in [5.41, 5.74) is 2.74. The lowest BCUT2D eigenvalue weighted by atomic mass is 10.3. The van der Waals surface area contributed by atoms with Crippen molar-refractivity contribution in [2.45, 2.75) is 6.42 Å². The number of benzene rings is 1. The SMILES string of the molecule is O=C(Cc1csc(-c2ccsc2)n1)Nc1ccccc1. The summed E-state index contributed by atoms with van der Waals surface area (Å²) in [6, 6.07) is 11.5. The Balaban J connectivity index is 1.65. The number of aromatic nitrogens is 1. The van der Waals surface area contributed by atoms with E-state index in [0.29, 0.717) is 6.42 Å². The molecule has 0 spiro atoms. The van der Waals surface area contributed by atoms with Crippen molar-refractivity contribution in [3.8, 4) is 10.6 Å². The van der Waals surface area contributed by atoms with E-state index in [2.05, 4.69) is 15.7 Å². The van der Waals surface area contributed by atoms with Gasteiger partial charge >= 0.3 is 0 Å². The van der Waals surface area contributed by atoms with Gasteiger partial charge in [0.1, 0.15) is 5.01 Å². The van der Waals surface area contributed by atoms with Crippen molar-refractivity contribution in [2.75, 3.05) is 5.32 Å². The van der Waals surface area contributed by atoms with Crippen LogP contribution in [-0.4, -0.2) is 10.9 Å². The predicted molar refractivity (Wildman–Crippen MR) is 84.2 cm³/mol. The fraction of sp³-hybridized carbons (Fsp3) is 0.0667. The van der Waals surface area contributed by atoms with Crippen LogP contribution in [0, 0.1) is 0 Å². The number of carbonyl (C=O) groups excluding carboxylic acids is 1. The Bertz CT molecular complexity index is 690. The molecule has 100 valence electrons. The average Bonchev–Trinajstić information content (AvgIpc) is 3.10. The predicted octanol–water partition coefficient (Wildman–Crippen LogP) is 4.05. The molecule has 0 radical (unpaired) electrons. The summed E-state index contributed by atoms with van der Waals surface area (Å²) in [7, 11) is 0. The Morgan fingerprint density at radius 2 is 2.00 bits per heavy atom. The molecule has 1 N–H and O–H groups in total. The standard InChI is InChI=1S/C15H12N2OS2/c18-14(16-12-4-2-1-3-5-12)8-13-10-20-15(17-13)11-6-7-19-9-11/h1-7,9-10H,8H2,(H,16,18). The van der Waals surface area contributed by atoms with Crippen molar-refractivity contribution in [2.24, 2.45) is 0 Å². The highest BCUT2D eigenvalue weighted by Crippen LogP contribution is 2.25. The zero-order chi connectivity index (χ0) is 13.8. The second-order valence-corrected chi connectivity index (χ2v) is 5.89. The van der Waals surface area contributed by atoms with Crippen molar-refractivity contribution in [1.82, 2.24) is 4.98 Å². The van der Waals surface area contributed by atoms with Gasteiger partial charge in [0.15, 0.2) is 0 Å². The van der Waals surface area contributed by atoms with E-state index in [1.54, 1.807) is 22.7 Å². The average molecular weight is 300 g/mol. The molecule has 3 aromatic rings. The fourth-order valence-corrected chi connectivity index (χ4v) is 3.33. The molecule has 3 nitrogen and oxygen atoms in total. The Kier molecular flexibility index (Phi) is 3.90. The van der Waals surface area contributed by atoms with Crippen LogP contribution in [0.15, 0.2) is 52.5 Å². The van der Waals surface area contributed by atoms with Crippen molar-refractivity contribution >= 4 is 34.3 Å². The van der Waals surface area contributed by atoms with Crippen LogP contribution in [0.4, 0.5) is 5.69 Å². The van der Waals surface area contributed by atoms with Crippen LogP contribution in [0.3, 0.4) is 0 Å². The molecule has 0 unspecified atom stereocenters. The molecule has 0 bridgehead atoms. The number of para-hydroxylation sites is 1. The maximum absolute atomic E-state index is 11.9. The van der Waals surface area contributed by atoms with Gasteiger partial charge in [-0.15, -0.1) is 11.3 Å². The van der Waals surface area contributed by atoms with Crippen LogP contribution < -0.4 is 5.32 Å². The monoisotopic (exact) mass is 300 g/mol. The Morgan fingerprint density at radius 1 is 1.15 bits per heavy atom. The van der Waals surface area contributed by atoms with E-state index in [-0.39, 0.29) is 5.91 Å². The molecule has 0 saturated heterocycles. The molecular weight excluding hydrogens is 288 g/mol. The summed E-state index contributed by atoms with van der Waals surface area (Å²) in [5.74, 6) is -0.0432. The number of rotatable bonds is 4. The van der Waals surface area contributed by atoms with E-state index < -0.39 is 0 Å². The van der Waals surface area contributed by atoms with Gasteiger partial charge in [-0.05, 0) is 23.6 Å². The normalized spacial score (nSPS) is 10.4. The van der Waals surface area contributed by atoms with Crippen molar-refractivity contribution in [1.29, 1.82) is 0 Å². The topological polar surface area (TPSA) is 42.0 Å². The van der Waals surface area contributed by atoms with Gasteiger partial charge in [-0.2, -0.15) is 11.3 Å². The lowest BCUT2D eigenvalue weighted by Gasteiger charge is -2.02. The first-order valence-electron chi connectivity index (χ1n) is 6.13. The molecule has 0 aliphatic carbocycles. The summed E-state index contributed by atoms with van der Waals surface area (Å²) >= 11 is 3.22. The number of nitrogens with one attached hydrogen (secondary N) is 1. The van der Waals surface area contributed by atoms with Crippen LogP contribution >= 0.6 is 22.7 Å². The van der Waals surface area contributed by atoms with Crippen molar-refractivity contribution in [3.05, 3.63) is 58.2 Å². The third-order valence-electron chi connectivity index (χ3n) is 2.72. The minimum atomic E-state index is -0.0432. The molecule has 0 atom stereocenters. The maximum atomic E-state index is 11.9. The summed E-state index contributed by atoms with van der Waals surface area (Å²) in [4.78, 5) is 16.4. The largest absolute Gasteiger partial charge is 0.326 e. The highest BCUT2D eigenvalue weighted by Gasteiger charge is 2.09. The summed E-state index contributed by atoms with van der Waals surface area (Å²) < 4.78 is 0. The zero-order valence-electron chi connectivity index (χ0n) is 10.6. The molecular formula is C15H12N2OS2. The van der Waals surface area contributed by atoms with E-state index in [1.165, 1.54) is 0 Å². The molecule has 0 saturated carbocycles. The third-order valence-corrected chi connectivity index (χ3v) is 4.34. The number of thiazole rings is 1. The van der Waals surface area contributed by atoms with Gasteiger partial charge < -0.3 is 5.32 Å². The van der Waals surface area contributed by atoms with Crippen molar-refractivity contribution < 1.29 is 4.79 Å². The van der Waals surface area contributed by atoms with E-state index in [0.717, 1.165) is 22.0 Å². The number of thiophene rings is 1. The number of nitrogens with zero attached hydrogens (tertiary/aromatic N) is 1. The van der Waals surface area contributed by atoms with Crippen LogP contribution in [0.1, 0.15) is 5.69 Å². The molecule has 2 heterocycles. The molecule has 0 aliphatic heterocycles. The van der Waals surface area contributed by atoms with Crippen LogP contribution in [-0.2, 0) is 11.2 Å². The second-order valence-electron chi connectivity index (χ2n) is 4.25. The molecule has 0 fully saturated rings. The third kappa shape index (κ3) is 3.12. The second kappa shape index (κ2) is 5.98. The summed E-state index contributed by atoms with van der Waals surface area (Å²) in [5, 5.41) is 9.86. The number of carbonyl (C=O) groups is 1. The van der Waals surface area contributed by atoms with E-state index in [1.807, 2.05) is 47.2 Å². The number of hydrogen-bond acceptors (Lipinski definition) is 4. The first-order chi connectivity index (χ1) is 9.81.